The van der Waals surface area contributed by atoms with Crippen molar-refractivity contribution in [3.05, 3.63) is 57.5 Å². The van der Waals surface area contributed by atoms with Crippen molar-refractivity contribution < 1.29 is 4.79 Å². The van der Waals surface area contributed by atoms with Crippen LogP contribution in [0.4, 0.5) is 0 Å². The fraction of sp³-hybridized carbons (Fsp3) is 0.522. The smallest absolute Gasteiger partial charge is 0.254 e. The Morgan fingerprint density at radius 1 is 1.21 bits per heavy atom. The van der Waals surface area contributed by atoms with Gasteiger partial charge in [0.25, 0.3) is 5.56 Å². The lowest BCUT2D eigenvalue weighted by Gasteiger charge is -2.25. The van der Waals surface area contributed by atoms with Gasteiger partial charge < -0.3 is 4.98 Å². The third-order valence-corrected chi connectivity index (χ3v) is 6.57. The molecule has 1 aromatic heterocycles. The summed E-state index contributed by atoms with van der Waals surface area (Å²) in [5.74, 6) is 1.33. The highest BCUT2D eigenvalue weighted by Gasteiger charge is 2.22. The van der Waals surface area contributed by atoms with Crippen LogP contribution in [-0.2, 0) is 6.42 Å². The standard InChI is InChI=1S/C23H30N2O2S/c1-3-19-21(16(2)14-17-10-6-4-7-11-17)24-23(25-22(19)27)28-15-20(26)18-12-8-5-9-13-18/h5,8-9,12-13,16-17H,3-4,6-7,10-11,14-15H2,1-2H3,(H,24,25,27). The van der Waals surface area contributed by atoms with E-state index in [1.54, 1.807) is 0 Å². The molecule has 28 heavy (non-hydrogen) atoms. The first-order valence-corrected chi connectivity index (χ1v) is 11.4. The van der Waals surface area contributed by atoms with Crippen molar-refractivity contribution in [3.8, 4) is 0 Å². The summed E-state index contributed by atoms with van der Waals surface area (Å²) in [6.07, 6.45) is 8.36. The van der Waals surface area contributed by atoms with Crippen molar-refractivity contribution in [1.82, 2.24) is 9.97 Å². The third-order valence-electron chi connectivity index (χ3n) is 5.69. The zero-order valence-electron chi connectivity index (χ0n) is 16.9. The molecule has 1 N–H and O–H groups in total. The van der Waals surface area contributed by atoms with Crippen LogP contribution >= 0.6 is 11.8 Å². The zero-order valence-corrected chi connectivity index (χ0v) is 17.7. The number of carbonyl (C=O) groups is 1. The normalized spacial score (nSPS) is 16.1. The summed E-state index contributed by atoms with van der Waals surface area (Å²) in [7, 11) is 0. The number of Topliss-reactive ketones (excluding diaryl/α,β-unsaturated/α-hetero) is 1. The van der Waals surface area contributed by atoms with Gasteiger partial charge >= 0.3 is 0 Å². The van der Waals surface area contributed by atoms with Crippen molar-refractivity contribution in [1.29, 1.82) is 0 Å². The number of rotatable bonds is 8. The van der Waals surface area contributed by atoms with Gasteiger partial charge in [-0.25, -0.2) is 4.98 Å². The summed E-state index contributed by atoms with van der Waals surface area (Å²) in [6, 6.07) is 9.25. The average molecular weight is 399 g/mol. The van der Waals surface area contributed by atoms with Crippen LogP contribution in [0.15, 0.2) is 40.3 Å². The maximum atomic E-state index is 12.6. The fourth-order valence-corrected chi connectivity index (χ4v) is 4.95. The largest absolute Gasteiger partial charge is 0.301 e. The second kappa shape index (κ2) is 10.1. The molecule has 0 aliphatic heterocycles. The number of nitrogens with zero attached hydrogens (tertiary/aromatic N) is 1. The first-order chi connectivity index (χ1) is 13.6. The summed E-state index contributed by atoms with van der Waals surface area (Å²) >= 11 is 1.32. The lowest BCUT2D eigenvalue weighted by Crippen LogP contribution is -2.21. The molecule has 3 rings (SSSR count). The van der Waals surface area contributed by atoms with E-state index in [0.717, 1.165) is 23.6 Å². The molecular formula is C23H30N2O2S. The molecular weight excluding hydrogens is 368 g/mol. The third kappa shape index (κ3) is 5.34. The molecule has 0 bridgehead atoms. The highest BCUT2D eigenvalue weighted by molar-refractivity contribution is 7.99. The van der Waals surface area contributed by atoms with Crippen LogP contribution in [0.1, 0.15) is 79.9 Å². The van der Waals surface area contributed by atoms with Crippen LogP contribution in [0, 0.1) is 5.92 Å². The molecule has 1 saturated carbocycles. The van der Waals surface area contributed by atoms with E-state index in [9.17, 15) is 9.59 Å². The van der Waals surface area contributed by atoms with Gasteiger partial charge in [-0.3, -0.25) is 9.59 Å². The number of hydrogen-bond donors (Lipinski definition) is 1. The molecule has 2 aromatic rings. The van der Waals surface area contributed by atoms with E-state index in [4.69, 9.17) is 4.98 Å². The maximum absolute atomic E-state index is 12.6. The van der Waals surface area contributed by atoms with E-state index in [2.05, 4.69) is 11.9 Å². The molecule has 1 heterocycles. The quantitative estimate of drug-likeness (QED) is 0.368. The van der Waals surface area contributed by atoms with Gasteiger partial charge in [-0.15, -0.1) is 0 Å². The summed E-state index contributed by atoms with van der Waals surface area (Å²) in [5.41, 5.74) is 2.35. The Kier molecular flexibility index (Phi) is 7.49. The molecule has 0 saturated heterocycles. The highest BCUT2D eigenvalue weighted by Crippen LogP contribution is 2.33. The van der Waals surface area contributed by atoms with Gasteiger partial charge in [0.1, 0.15) is 0 Å². The summed E-state index contributed by atoms with van der Waals surface area (Å²) in [6.45, 7) is 4.20. The Balaban J connectivity index is 1.73. The number of H-pyrrole nitrogens is 1. The molecule has 1 aliphatic rings. The molecule has 1 aromatic carbocycles. The van der Waals surface area contributed by atoms with E-state index in [-0.39, 0.29) is 23.0 Å². The fourth-order valence-electron chi connectivity index (χ4n) is 4.19. The Hall–Kier alpha value is -1.88. The van der Waals surface area contributed by atoms with Crippen molar-refractivity contribution in [2.45, 2.75) is 69.9 Å². The predicted octanol–water partition coefficient (Wildman–Crippen LogP) is 5.38. The van der Waals surface area contributed by atoms with E-state index in [1.807, 2.05) is 37.3 Å². The van der Waals surface area contributed by atoms with Gasteiger partial charge in [0.2, 0.25) is 0 Å². The highest BCUT2D eigenvalue weighted by atomic mass is 32.2. The number of benzene rings is 1. The van der Waals surface area contributed by atoms with Crippen molar-refractivity contribution in [2.75, 3.05) is 5.75 Å². The van der Waals surface area contributed by atoms with E-state index in [1.165, 1.54) is 43.9 Å². The SMILES string of the molecule is CCc1c(C(C)CC2CCCCC2)nc(SCC(=O)c2ccccc2)[nH]c1=O. The van der Waals surface area contributed by atoms with E-state index in [0.29, 0.717) is 17.1 Å². The van der Waals surface area contributed by atoms with E-state index < -0.39 is 0 Å². The predicted molar refractivity (Wildman–Crippen MR) is 115 cm³/mol. The van der Waals surface area contributed by atoms with E-state index >= 15 is 0 Å². The molecule has 1 atom stereocenters. The minimum absolute atomic E-state index is 0.0459. The number of carbonyl (C=O) groups excluding carboxylic acids is 1. The van der Waals surface area contributed by atoms with Gasteiger partial charge in [-0.1, -0.05) is 88.0 Å². The van der Waals surface area contributed by atoms with Crippen LogP contribution < -0.4 is 5.56 Å². The van der Waals surface area contributed by atoms with Crippen LogP contribution in [0.25, 0.3) is 0 Å². The molecule has 5 heteroatoms. The number of hydrogen-bond acceptors (Lipinski definition) is 4. The molecule has 0 spiro atoms. The first-order valence-electron chi connectivity index (χ1n) is 10.4. The Morgan fingerprint density at radius 2 is 1.93 bits per heavy atom. The zero-order chi connectivity index (χ0) is 19.9. The second-order valence-corrected chi connectivity index (χ2v) is 8.77. The first kappa shape index (κ1) is 20.8. The van der Waals surface area contributed by atoms with Gasteiger partial charge in [0, 0.05) is 11.1 Å². The van der Waals surface area contributed by atoms with Gasteiger partial charge in [0.05, 0.1) is 11.4 Å². The molecule has 150 valence electrons. The number of aromatic amines is 1. The van der Waals surface area contributed by atoms with Gasteiger partial charge in [-0.2, -0.15) is 0 Å². The molecule has 1 fully saturated rings. The summed E-state index contributed by atoms with van der Waals surface area (Å²) in [4.78, 5) is 32.6. The lowest BCUT2D eigenvalue weighted by molar-refractivity contribution is 0.102. The van der Waals surface area contributed by atoms with Crippen molar-refractivity contribution >= 4 is 17.5 Å². The topological polar surface area (TPSA) is 62.8 Å². The number of nitrogens with one attached hydrogen (secondary N) is 1. The minimum Gasteiger partial charge on any atom is -0.301 e. The van der Waals surface area contributed by atoms with Gasteiger partial charge in [-0.05, 0) is 24.7 Å². The van der Waals surface area contributed by atoms with Crippen LogP contribution in [0.3, 0.4) is 0 Å². The maximum Gasteiger partial charge on any atom is 0.254 e. The Labute approximate surface area is 171 Å². The van der Waals surface area contributed by atoms with Crippen LogP contribution in [0.5, 0.6) is 0 Å². The lowest BCUT2D eigenvalue weighted by atomic mass is 9.81. The van der Waals surface area contributed by atoms with Crippen molar-refractivity contribution in [2.24, 2.45) is 5.92 Å². The second-order valence-electron chi connectivity index (χ2n) is 7.81. The molecule has 1 unspecified atom stereocenters. The molecule has 0 radical (unpaired) electrons. The molecule has 0 amide bonds. The summed E-state index contributed by atoms with van der Waals surface area (Å²) in [5, 5.41) is 0.553. The average Bonchev–Trinajstić information content (AvgIpc) is 2.73. The molecule has 1 aliphatic carbocycles. The monoisotopic (exact) mass is 398 g/mol. The number of aromatic nitrogens is 2. The number of ketones is 1. The molecule has 4 nitrogen and oxygen atoms in total. The minimum atomic E-state index is -0.0577. The van der Waals surface area contributed by atoms with Crippen LogP contribution in [-0.4, -0.2) is 21.5 Å². The Morgan fingerprint density at radius 3 is 2.61 bits per heavy atom. The van der Waals surface area contributed by atoms with Crippen LogP contribution in [0.2, 0.25) is 0 Å². The van der Waals surface area contributed by atoms with Gasteiger partial charge in [0.15, 0.2) is 10.9 Å². The van der Waals surface area contributed by atoms with Crippen molar-refractivity contribution in [3.63, 3.8) is 0 Å². The summed E-state index contributed by atoms with van der Waals surface area (Å²) < 4.78 is 0. The number of thioether (sulfide) groups is 1. The Bertz CT molecular complexity index is 841.